The van der Waals surface area contributed by atoms with Crippen molar-refractivity contribution in [3.05, 3.63) is 16.7 Å². The first-order chi connectivity index (χ1) is 7.56. The van der Waals surface area contributed by atoms with Gasteiger partial charge >= 0.3 is 5.97 Å². The molecule has 0 aliphatic heterocycles. The van der Waals surface area contributed by atoms with Crippen molar-refractivity contribution >= 4 is 18.2 Å². The third-order valence-corrected chi connectivity index (χ3v) is 2.67. The highest BCUT2D eigenvalue weighted by molar-refractivity contribution is 7.71. The van der Waals surface area contributed by atoms with E-state index in [9.17, 15) is 4.79 Å². The Kier molecular flexibility index (Phi) is 4.73. The van der Waals surface area contributed by atoms with E-state index < -0.39 is 0 Å². The molecule has 0 amide bonds. The van der Waals surface area contributed by atoms with Crippen LogP contribution in [0.15, 0.2) is 6.20 Å². The van der Waals surface area contributed by atoms with E-state index in [4.69, 9.17) is 17.0 Å². The zero-order chi connectivity index (χ0) is 12.1. The summed E-state index contributed by atoms with van der Waals surface area (Å²) in [5, 5.41) is 0. The fraction of sp³-hybridized carbons (Fsp3) is 0.636. The van der Waals surface area contributed by atoms with E-state index >= 15 is 0 Å². The number of aromatic nitrogens is 2. The van der Waals surface area contributed by atoms with Crippen LogP contribution in [0.5, 0.6) is 0 Å². The molecule has 0 bridgehead atoms. The Labute approximate surface area is 101 Å². The van der Waals surface area contributed by atoms with Crippen molar-refractivity contribution in [2.45, 2.75) is 39.7 Å². The van der Waals surface area contributed by atoms with Gasteiger partial charge in [-0.15, -0.1) is 0 Å². The van der Waals surface area contributed by atoms with Crippen LogP contribution in [0.1, 0.15) is 38.8 Å². The second-order valence-electron chi connectivity index (χ2n) is 3.88. The molecule has 0 saturated carbocycles. The quantitative estimate of drug-likeness (QED) is 0.638. The lowest BCUT2D eigenvalue weighted by molar-refractivity contribution is -0.143. The normalized spacial score (nSPS) is 10.8. The van der Waals surface area contributed by atoms with Crippen LogP contribution in [0, 0.1) is 4.77 Å². The number of hydrogen-bond donors (Lipinski definition) is 1. The minimum Gasteiger partial charge on any atom is -0.466 e. The fourth-order valence-electron chi connectivity index (χ4n) is 1.55. The summed E-state index contributed by atoms with van der Waals surface area (Å²) in [5.74, 6) is 0.204. The van der Waals surface area contributed by atoms with Crippen LogP contribution >= 0.6 is 12.2 Å². The molecule has 0 radical (unpaired) electrons. The monoisotopic (exact) mass is 242 g/mol. The van der Waals surface area contributed by atoms with Crippen LogP contribution in [-0.2, 0) is 16.1 Å². The Morgan fingerprint density at radius 1 is 1.62 bits per heavy atom. The van der Waals surface area contributed by atoms with E-state index in [-0.39, 0.29) is 5.97 Å². The van der Waals surface area contributed by atoms with Gasteiger partial charge in [0.1, 0.15) is 0 Å². The number of H-pyrrole nitrogens is 1. The maximum Gasteiger partial charge on any atom is 0.307 e. The van der Waals surface area contributed by atoms with Gasteiger partial charge in [-0.1, -0.05) is 13.8 Å². The molecule has 5 heteroatoms. The van der Waals surface area contributed by atoms with Crippen molar-refractivity contribution < 1.29 is 9.53 Å². The second-order valence-corrected chi connectivity index (χ2v) is 4.27. The zero-order valence-electron chi connectivity index (χ0n) is 9.95. The summed E-state index contributed by atoms with van der Waals surface area (Å²) in [6.07, 6.45) is 2.26. The van der Waals surface area contributed by atoms with Gasteiger partial charge in [0.2, 0.25) is 0 Å². The molecule has 0 saturated heterocycles. The Hall–Kier alpha value is -1.10. The van der Waals surface area contributed by atoms with E-state index in [2.05, 4.69) is 18.8 Å². The highest BCUT2D eigenvalue weighted by Gasteiger charge is 2.09. The second kappa shape index (κ2) is 5.84. The Morgan fingerprint density at radius 3 is 2.88 bits per heavy atom. The molecule has 1 N–H and O–H groups in total. The number of esters is 1. The summed E-state index contributed by atoms with van der Waals surface area (Å²) in [6.45, 7) is 7.00. The van der Waals surface area contributed by atoms with Gasteiger partial charge in [0.25, 0.3) is 0 Å². The SMILES string of the molecule is CCOC(=O)CCn1c(C(C)C)c[nH]c1=S. The van der Waals surface area contributed by atoms with Crippen LogP contribution in [0.25, 0.3) is 0 Å². The van der Waals surface area contributed by atoms with Gasteiger partial charge in [-0.05, 0) is 25.1 Å². The van der Waals surface area contributed by atoms with Crippen LogP contribution in [0.4, 0.5) is 0 Å². The molecule has 1 aromatic heterocycles. The van der Waals surface area contributed by atoms with Gasteiger partial charge in [-0.25, -0.2) is 0 Å². The molecule has 4 nitrogen and oxygen atoms in total. The van der Waals surface area contributed by atoms with Crippen LogP contribution < -0.4 is 0 Å². The number of nitrogens with one attached hydrogen (secondary N) is 1. The van der Waals surface area contributed by atoms with Crippen molar-refractivity contribution in [3.63, 3.8) is 0 Å². The Morgan fingerprint density at radius 2 is 2.31 bits per heavy atom. The molecule has 0 unspecified atom stereocenters. The van der Waals surface area contributed by atoms with Crippen molar-refractivity contribution in [2.24, 2.45) is 0 Å². The number of carbonyl (C=O) groups excluding carboxylic acids is 1. The highest BCUT2D eigenvalue weighted by Crippen LogP contribution is 2.14. The number of ether oxygens (including phenoxy) is 1. The molecule has 1 aromatic rings. The van der Waals surface area contributed by atoms with Gasteiger partial charge in [0.15, 0.2) is 4.77 Å². The number of aromatic amines is 1. The first-order valence-corrected chi connectivity index (χ1v) is 5.90. The summed E-state index contributed by atoms with van der Waals surface area (Å²) in [5.41, 5.74) is 1.12. The van der Waals surface area contributed by atoms with Crippen molar-refractivity contribution in [2.75, 3.05) is 6.61 Å². The van der Waals surface area contributed by atoms with Gasteiger partial charge < -0.3 is 14.3 Å². The molecule has 0 atom stereocenters. The van der Waals surface area contributed by atoms with Crippen molar-refractivity contribution in [3.8, 4) is 0 Å². The molecule has 0 aliphatic rings. The molecule has 1 heterocycles. The molecule has 0 aromatic carbocycles. The molecule has 16 heavy (non-hydrogen) atoms. The first-order valence-electron chi connectivity index (χ1n) is 5.50. The summed E-state index contributed by atoms with van der Waals surface area (Å²) in [4.78, 5) is 14.3. The van der Waals surface area contributed by atoms with Crippen LogP contribution in [-0.4, -0.2) is 22.1 Å². The predicted octanol–water partition coefficient (Wildman–Crippen LogP) is 2.62. The number of hydrogen-bond acceptors (Lipinski definition) is 3. The number of imidazole rings is 1. The minimum absolute atomic E-state index is 0.180. The molecule has 0 spiro atoms. The number of nitrogens with zero attached hydrogens (tertiary/aromatic N) is 1. The van der Waals surface area contributed by atoms with Gasteiger partial charge in [0, 0.05) is 18.4 Å². The van der Waals surface area contributed by atoms with Gasteiger partial charge in [0.05, 0.1) is 13.0 Å². The van der Waals surface area contributed by atoms with Gasteiger partial charge in [-0.3, -0.25) is 4.79 Å². The molecule has 90 valence electrons. The van der Waals surface area contributed by atoms with E-state index in [0.717, 1.165) is 5.69 Å². The molecule has 0 fully saturated rings. The topological polar surface area (TPSA) is 47.0 Å². The summed E-state index contributed by atoms with van der Waals surface area (Å²) in [6, 6.07) is 0. The lowest BCUT2D eigenvalue weighted by Crippen LogP contribution is -2.11. The maximum atomic E-state index is 11.3. The fourth-order valence-corrected chi connectivity index (χ4v) is 1.81. The minimum atomic E-state index is -0.180. The number of carbonyl (C=O) groups is 1. The third kappa shape index (κ3) is 3.20. The van der Waals surface area contributed by atoms with Gasteiger partial charge in [-0.2, -0.15) is 0 Å². The zero-order valence-corrected chi connectivity index (χ0v) is 10.8. The molecular weight excluding hydrogens is 224 g/mol. The Bertz CT molecular complexity index is 406. The summed E-state index contributed by atoms with van der Waals surface area (Å²) >= 11 is 5.16. The standard InChI is InChI=1S/C11H18N2O2S/c1-4-15-10(14)5-6-13-9(8(2)3)7-12-11(13)16/h7-8H,4-6H2,1-3H3,(H,12,16). The lowest BCUT2D eigenvalue weighted by atomic mass is 10.1. The van der Waals surface area contributed by atoms with E-state index in [0.29, 0.717) is 30.3 Å². The van der Waals surface area contributed by atoms with Crippen molar-refractivity contribution in [1.29, 1.82) is 0 Å². The molecule has 0 aliphatic carbocycles. The van der Waals surface area contributed by atoms with E-state index in [1.54, 1.807) is 6.92 Å². The smallest absolute Gasteiger partial charge is 0.307 e. The van der Waals surface area contributed by atoms with Crippen LogP contribution in [0.3, 0.4) is 0 Å². The number of rotatable bonds is 5. The largest absolute Gasteiger partial charge is 0.466 e. The van der Waals surface area contributed by atoms with Crippen LogP contribution in [0.2, 0.25) is 0 Å². The average Bonchev–Trinajstić information content (AvgIpc) is 2.57. The summed E-state index contributed by atoms with van der Waals surface area (Å²) < 4.78 is 7.50. The van der Waals surface area contributed by atoms with E-state index in [1.807, 2.05) is 10.8 Å². The Balaban J connectivity index is 2.69. The van der Waals surface area contributed by atoms with Crippen molar-refractivity contribution in [1.82, 2.24) is 9.55 Å². The highest BCUT2D eigenvalue weighted by atomic mass is 32.1. The third-order valence-electron chi connectivity index (χ3n) is 2.34. The van der Waals surface area contributed by atoms with E-state index in [1.165, 1.54) is 0 Å². The molecular formula is C11H18N2O2S. The molecule has 1 rings (SSSR count). The lowest BCUT2D eigenvalue weighted by Gasteiger charge is -2.10. The summed E-state index contributed by atoms with van der Waals surface area (Å²) in [7, 11) is 0. The first kappa shape index (κ1) is 13.0. The predicted molar refractivity (Wildman–Crippen MR) is 65.0 cm³/mol. The average molecular weight is 242 g/mol. The maximum absolute atomic E-state index is 11.3.